The van der Waals surface area contributed by atoms with Crippen LogP contribution in [0.1, 0.15) is 25.3 Å². The number of nitro benzene ring substituents is 1. The fraction of sp³-hybridized carbons (Fsp3) is 0.375. The van der Waals surface area contributed by atoms with Gasteiger partial charge in [-0.3, -0.25) is 10.1 Å². The van der Waals surface area contributed by atoms with Crippen LogP contribution in [0.5, 0.6) is 0 Å². The molecule has 0 bridgehead atoms. The number of unbranched alkanes of at least 4 members (excludes halogenated alkanes) is 1. The van der Waals surface area contributed by atoms with Gasteiger partial charge in [0.15, 0.2) is 0 Å². The highest BCUT2D eigenvalue weighted by atomic mass is 16.6. The number of nitrogens with zero attached hydrogens (tertiary/aromatic N) is 4. The number of nitro groups is 1. The number of non-ortho nitro benzene ring substituents is 1. The number of hydrogen-bond acceptors (Lipinski definition) is 5. The van der Waals surface area contributed by atoms with Crippen LogP contribution < -0.4 is 9.47 Å². The fourth-order valence-electron chi connectivity index (χ4n) is 2.93. The summed E-state index contributed by atoms with van der Waals surface area (Å²) in [7, 11) is 0. The van der Waals surface area contributed by atoms with Crippen LogP contribution in [0.2, 0.25) is 0 Å². The highest BCUT2D eigenvalue weighted by Gasteiger charge is 2.51. The summed E-state index contributed by atoms with van der Waals surface area (Å²) in [6.07, 6.45) is 5.50. The van der Waals surface area contributed by atoms with Gasteiger partial charge in [-0.05, 0) is 18.6 Å². The molecule has 1 N–H and O–H groups in total. The quantitative estimate of drug-likeness (QED) is 0.516. The van der Waals surface area contributed by atoms with Crippen molar-refractivity contribution in [3.63, 3.8) is 0 Å². The first-order valence-corrected chi connectivity index (χ1v) is 7.65. The third-order valence-electron chi connectivity index (χ3n) is 4.15. The Morgan fingerprint density at radius 3 is 2.83 bits per heavy atom. The van der Waals surface area contributed by atoms with Crippen molar-refractivity contribution >= 4 is 11.6 Å². The first-order valence-electron chi connectivity index (χ1n) is 7.65. The molecule has 0 amide bonds. The fourth-order valence-corrected chi connectivity index (χ4v) is 2.93. The van der Waals surface area contributed by atoms with Gasteiger partial charge < -0.3 is 5.11 Å². The van der Waals surface area contributed by atoms with E-state index < -0.39 is 10.6 Å². The first kappa shape index (κ1) is 15.4. The maximum absolute atomic E-state index is 11.3. The molecule has 3 rings (SSSR count). The minimum atomic E-state index is -1.24. The monoisotopic (exact) mass is 315 g/mol. The standard InChI is InChI=1S/C16H19N4O3/c1-2-3-11-19-15-17-9-4-10-18(15)12-16(19,21)13-5-7-14(8-6-13)20(22)23/h4-10,21H,2-3,11-12H2,1H3/q+1/t16-/m1/s1. The SMILES string of the molecule is CCCCN1c2nccc[n+]2C[C@@]1(O)c1ccc([N+](=O)[O-])cc1. The van der Waals surface area contributed by atoms with E-state index in [1.165, 1.54) is 12.1 Å². The van der Waals surface area contributed by atoms with Crippen LogP contribution >= 0.6 is 0 Å². The van der Waals surface area contributed by atoms with Crippen LogP contribution in [0.3, 0.4) is 0 Å². The van der Waals surface area contributed by atoms with E-state index in [1.807, 2.05) is 21.7 Å². The van der Waals surface area contributed by atoms with Gasteiger partial charge in [0.2, 0.25) is 5.72 Å². The zero-order valence-electron chi connectivity index (χ0n) is 12.9. The van der Waals surface area contributed by atoms with Gasteiger partial charge in [0, 0.05) is 23.8 Å². The van der Waals surface area contributed by atoms with Crippen LogP contribution in [0.25, 0.3) is 0 Å². The Labute approximate surface area is 134 Å². The van der Waals surface area contributed by atoms with Crippen molar-refractivity contribution in [2.75, 3.05) is 11.4 Å². The van der Waals surface area contributed by atoms with Crippen molar-refractivity contribution in [1.82, 2.24) is 4.98 Å². The predicted molar refractivity (Wildman–Crippen MR) is 83.7 cm³/mol. The summed E-state index contributed by atoms with van der Waals surface area (Å²) in [4.78, 5) is 16.6. The van der Waals surface area contributed by atoms with Gasteiger partial charge in [0.1, 0.15) is 12.7 Å². The summed E-state index contributed by atoms with van der Waals surface area (Å²) in [5.74, 6) is 0.710. The van der Waals surface area contributed by atoms with Crippen LogP contribution in [-0.4, -0.2) is 21.6 Å². The van der Waals surface area contributed by atoms with E-state index in [0.29, 0.717) is 24.6 Å². The van der Waals surface area contributed by atoms with E-state index in [0.717, 1.165) is 12.8 Å². The number of aliphatic hydroxyl groups is 1. The highest BCUT2D eigenvalue weighted by Crippen LogP contribution is 2.34. The van der Waals surface area contributed by atoms with E-state index >= 15 is 0 Å². The molecule has 1 atom stereocenters. The lowest BCUT2D eigenvalue weighted by Crippen LogP contribution is -2.46. The van der Waals surface area contributed by atoms with Gasteiger partial charge in [-0.2, -0.15) is 0 Å². The minimum Gasteiger partial charge on any atom is -0.353 e. The molecule has 0 spiro atoms. The molecule has 0 fully saturated rings. The summed E-state index contributed by atoms with van der Waals surface area (Å²) in [6.45, 7) is 3.10. The number of rotatable bonds is 5. The van der Waals surface area contributed by atoms with E-state index in [9.17, 15) is 15.2 Å². The zero-order valence-corrected chi connectivity index (χ0v) is 12.9. The minimum absolute atomic E-state index is 0.0127. The van der Waals surface area contributed by atoms with Crippen molar-refractivity contribution in [3.05, 3.63) is 58.4 Å². The predicted octanol–water partition coefficient (Wildman–Crippen LogP) is 1.74. The molecule has 0 unspecified atom stereocenters. The van der Waals surface area contributed by atoms with Crippen molar-refractivity contribution < 1.29 is 14.6 Å². The van der Waals surface area contributed by atoms with Crippen LogP contribution in [0, 0.1) is 10.1 Å². The van der Waals surface area contributed by atoms with Crippen LogP contribution in [-0.2, 0) is 12.3 Å². The second kappa shape index (κ2) is 5.92. The van der Waals surface area contributed by atoms with Gasteiger partial charge in [0.05, 0.1) is 17.7 Å². The van der Waals surface area contributed by atoms with Gasteiger partial charge >= 0.3 is 5.95 Å². The summed E-state index contributed by atoms with van der Waals surface area (Å²) in [5, 5.41) is 22.1. The average molecular weight is 315 g/mol. The van der Waals surface area contributed by atoms with Crippen LogP contribution in [0.15, 0.2) is 42.7 Å². The summed E-state index contributed by atoms with van der Waals surface area (Å²) in [6, 6.07) is 7.90. The normalized spacial score (nSPS) is 19.7. The number of benzene rings is 1. The molecule has 1 aliphatic heterocycles. The number of hydrogen-bond donors (Lipinski definition) is 1. The van der Waals surface area contributed by atoms with Gasteiger partial charge in [-0.15, -0.1) is 0 Å². The van der Waals surface area contributed by atoms with E-state index in [-0.39, 0.29) is 5.69 Å². The molecule has 2 aromatic rings. The lowest BCUT2D eigenvalue weighted by Gasteiger charge is -2.28. The molecule has 1 aliphatic rings. The van der Waals surface area contributed by atoms with E-state index in [1.54, 1.807) is 18.3 Å². The lowest BCUT2D eigenvalue weighted by molar-refractivity contribution is -0.685. The second-order valence-corrected chi connectivity index (χ2v) is 5.67. The third-order valence-corrected chi connectivity index (χ3v) is 4.15. The van der Waals surface area contributed by atoms with Gasteiger partial charge in [0.25, 0.3) is 5.69 Å². The maximum atomic E-state index is 11.3. The maximum Gasteiger partial charge on any atom is 0.396 e. The Bertz CT molecular complexity index is 720. The zero-order chi connectivity index (χ0) is 16.4. The Morgan fingerprint density at radius 1 is 1.43 bits per heavy atom. The summed E-state index contributed by atoms with van der Waals surface area (Å²) < 4.78 is 1.90. The topological polar surface area (TPSA) is 83.4 Å². The van der Waals surface area contributed by atoms with E-state index in [2.05, 4.69) is 11.9 Å². The smallest absolute Gasteiger partial charge is 0.353 e. The molecule has 0 saturated carbocycles. The first-order chi connectivity index (χ1) is 11.1. The van der Waals surface area contributed by atoms with Crippen molar-refractivity contribution in [2.24, 2.45) is 0 Å². The van der Waals surface area contributed by atoms with Crippen molar-refractivity contribution in [2.45, 2.75) is 32.0 Å². The molecule has 0 radical (unpaired) electrons. The molecular formula is C16H19N4O3+. The molecule has 1 aromatic heterocycles. The molecule has 7 heteroatoms. The summed E-state index contributed by atoms with van der Waals surface area (Å²) in [5.41, 5.74) is -0.602. The van der Waals surface area contributed by atoms with Crippen molar-refractivity contribution in [1.29, 1.82) is 0 Å². The molecule has 120 valence electrons. The van der Waals surface area contributed by atoms with E-state index in [4.69, 9.17) is 0 Å². The third kappa shape index (κ3) is 2.63. The Morgan fingerprint density at radius 2 is 2.17 bits per heavy atom. The molecule has 0 saturated heterocycles. The number of fused-ring (bicyclic) bond motifs is 1. The molecule has 7 nitrogen and oxygen atoms in total. The lowest BCUT2D eigenvalue weighted by atomic mass is 10.0. The highest BCUT2D eigenvalue weighted by molar-refractivity contribution is 5.41. The summed E-state index contributed by atoms with van der Waals surface area (Å²) >= 11 is 0. The molecule has 2 heterocycles. The number of aromatic nitrogens is 2. The Kier molecular flexibility index (Phi) is 3.96. The largest absolute Gasteiger partial charge is 0.396 e. The molecule has 1 aromatic carbocycles. The molecule has 0 aliphatic carbocycles. The van der Waals surface area contributed by atoms with Crippen LogP contribution in [0.4, 0.5) is 11.6 Å². The van der Waals surface area contributed by atoms with Gasteiger partial charge in [-0.1, -0.05) is 18.3 Å². The number of anilines is 1. The Hall–Kier alpha value is -2.54. The average Bonchev–Trinajstić information content (AvgIpc) is 2.85. The van der Waals surface area contributed by atoms with Crippen molar-refractivity contribution in [3.8, 4) is 0 Å². The van der Waals surface area contributed by atoms with Gasteiger partial charge in [-0.25, -0.2) is 9.47 Å². The Balaban J connectivity index is 2.00. The second-order valence-electron chi connectivity index (χ2n) is 5.67. The molecular weight excluding hydrogens is 296 g/mol. The molecule has 23 heavy (non-hydrogen) atoms.